The number of esters is 1. The lowest BCUT2D eigenvalue weighted by molar-refractivity contribution is 0.0600. The van der Waals surface area contributed by atoms with E-state index in [1.54, 1.807) is 12.1 Å². The minimum absolute atomic E-state index is 0.219. The molecule has 0 unspecified atom stereocenters. The third-order valence-corrected chi connectivity index (χ3v) is 3.47. The second-order valence-electron chi connectivity index (χ2n) is 5.07. The van der Waals surface area contributed by atoms with Gasteiger partial charge < -0.3 is 20.1 Å². The Hall–Kier alpha value is -1.89. The van der Waals surface area contributed by atoms with Gasteiger partial charge in [-0.05, 0) is 44.1 Å². The quantitative estimate of drug-likeness (QED) is 0.789. The van der Waals surface area contributed by atoms with E-state index < -0.39 is 19.0 Å². The lowest BCUT2D eigenvalue weighted by atomic mass is 10.0. The number of hydrogen-bond donors (Lipinski definition) is 2. The van der Waals surface area contributed by atoms with Gasteiger partial charge in [0.2, 0.25) is 0 Å². The van der Waals surface area contributed by atoms with Crippen molar-refractivity contribution in [3.05, 3.63) is 23.8 Å². The molecular formula is C15H20F2N2O3. The van der Waals surface area contributed by atoms with Gasteiger partial charge in [0, 0.05) is 11.7 Å². The monoisotopic (exact) mass is 314 g/mol. The van der Waals surface area contributed by atoms with Crippen molar-refractivity contribution in [3.8, 4) is 5.75 Å². The predicted octanol–water partition coefficient (Wildman–Crippen LogP) is 2.28. The van der Waals surface area contributed by atoms with Crippen molar-refractivity contribution in [2.75, 3.05) is 32.1 Å². The number of halogens is 2. The topological polar surface area (TPSA) is 59.6 Å². The van der Waals surface area contributed by atoms with Crippen LogP contribution in [0.15, 0.2) is 18.2 Å². The summed E-state index contributed by atoms with van der Waals surface area (Å²) in [4.78, 5) is 11.9. The molecule has 0 amide bonds. The van der Waals surface area contributed by atoms with Crippen molar-refractivity contribution < 1.29 is 23.0 Å². The normalized spacial score (nSPS) is 15.6. The van der Waals surface area contributed by atoms with E-state index in [2.05, 4.69) is 10.6 Å². The summed E-state index contributed by atoms with van der Waals surface area (Å²) in [5, 5.41) is 6.58. The Bertz CT molecular complexity index is 506. The van der Waals surface area contributed by atoms with Crippen molar-refractivity contribution in [3.63, 3.8) is 0 Å². The Morgan fingerprint density at radius 3 is 2.77 bits per heavy atom. The van der Waals surface area contributed by atoms with Crippen LogP contribution in [0.3, 0.4) is 0 Å². The van der Waals surface area contributed by atoms with Crippen molar-refractivity contribution >= 4 is 11.7 Å². The fourth-order valence-corrected chi connectivity index (χ4v) is 2.36. The fourth-order valence-electron chi connectivity index (χ4n) is 2.36. The largest absolute Gasteiger partial charge is 0.488 e. The molecule has 1 aliphatic rings. The number of carbonyl (C=O) groups excluding carboxylic acids is 1. The third-order valence-electron chi connectivity index (χ3n) is 3.47. The van der Waals surface area contributed by atoms with E-state index in [1.165, 1.54) is 13.2 Å². The highest BCUT2D eigenvalue weighted by molar-refractivity contribution is 5.96. The summed E-state index contributed by atoms with van der Waals surface area (Å²) in [6.07, 6.45) is -0.664. The van der Waals surface area contributed by atoms with Crippen molar-refractivity contribution in [2.45, 2.75) is 25.3 Å². The van der Waals surface area contributed by atoms with Crippen LogP contribution >= 0.6 is 0 Å². The summed E-state index contributed by atoms with van der Waals surface area (Å²) in [5.74, 6) is -0.310. The molecule has 1 aromatic carbocycles. The Balaban J connectivity index is 2.14. The van der Waals surface area contributed by atoms with Gasteiger partial charge in [-0.1, -0.05) is 0 Å². The summed E-state index contributed by atoms with van der Waals surface area (Å²) in [6, 6.07) is 4.92. The van der Waals surface area contributed by atoms with E-state index in [-0.39, 0.29) is 17.4 Å². The maximum Gasteiger partial charge on any atom is 0.340 e. The van der Waals surface area contributed by atoms with Crippen LogP contribution in [-0.4, -0.2) is 45.2 Å². The fraction of sp³-hybridized carbons (Fsp3) is 0.533. The van der Waals surface area contributed by atoms with Crippen LogP contribution in [0.1, 0.15) is 23.2 Å². The first-order valence-corrected chi connectivity index (χ1v) is 7.20. The van der Waals surface area contributed by atoms with E-state index in [9.17, 15) is 13.6 Å². The molecule has 22 heavy (non-hydrogen) atoms. The van der Waals surface area contributed by atoms with Gasteiger partial charge in [0.1, 0.15) is 12.4 Å². The van der Waals surface area contributed by atoms with Gasteiger partial charge >= 0.3 is 5.97 Å². The number of alkyl halides is 2. The molecular weight excluding hydrogens is 294 g/mol. The van der Waals surface area contributed by atoms with Crippen LogP contribution in [0.25, 0.3) is 0 Å². The molecule has 0 saturated carbocycles. The Kier molecular flexibility index (Phi) is 5.94. The highest BCUT2D eigenvalue weighted by Gasteiger charge is 2.18. The number of rotatable bonds is 6. The van der Waals surface area contributed by atoms with E-state index in [1.807, 2.05) is 0 Å². The maximum atomic E-state index is 12.2. The summed E-state index contributed by atoms with van der Waals surface area (Å²) >= 11 is 0. The number of hydrogen-bond acceptors (Lipinski definition) is 5. The SMILES string of the molecule is COC(=O)c1cc(OCC(F)F)ccc1NC1CCNCC1. The highest BCUT2D eigenvalue weighted by atomic mass is 19.3. The average molecular weight is 314 g/mol. The van der Waals surface area contributed by atoms with Crippen molar-refractivity contribution in [2.24, 2.45) is 0 Å². The van der Waals surface area contributed by atoms with E-state index in [0.717, 1.165) is 25.9 Å². The van der Waals surface area contributed by atoms with Crippen molar-refractivity contribution in [1.82, 2.24) is 5.32 Å². The van der Waals surface area contributed by atoms with Gasteiger partial charge in [0.15, 0.2) is 0 Å². The number of anilines is 1. The Morgan fingerprint density at radius 1 is 1.41 bits per heavy atom. The van der Waals surface area contributed by atoms with Gasteiger partial charge in [-0.2, -0.15) is 0 Å². The second kappa shape index (κ2) is 7.93. The average Bonchev–Trinajstić information content (AvgIpc) is 2.54. The molecule has 5 nitrogen and oxygen atoms in total. The lowest BCUT2D eigenvalue weighted by Gasteiger charge is -2.25. The maximum absolute atomic E-state index is 12.2. The molecule has 0 radical (unpaired) electrons. The predicted molar refractivity (Wildman–Crippen MR) is 78.8 cm³/mol. The van der Waals surface area contributed by atoms with E-state index >= 15 is 0 Å². The van der Waals surface area contributed by atoms with Crippen LogP contribution in [-0.2, 0) is 4.74 Å². The summed E-state index contributed by atoms with van der Waals surface area (Å²) in [6.45, 7) is 1.13. The summed E-state index contributed by atoms with van der Waals surface area (Å²) in [7, 11) is 1.28. The first kappa shape index (κ1) is 16.5. The summed E-state index contributed by atoms with van der Waals surface area (Å²) < 4.78 is 34.1. The molecule has 1 saturated heterocycles. The Morgan fingerprint density at radius 2 is 2.14 bits per heavy atom. The zero-order valence-electron chi connectivity index (χ0n) is 12.4. The van der Waals surface area contributed by atoms with E-state index in [4.69, 9.17) is 9.47 Å². The molecule has 122 valence electrons. The van der Waals surface area contributed by atoms with Gasteiger partial charge in [-0.3, -0.25) is 0 Å². The van der Waals surface area contributed by atoms with Crippen LogP contribution in [0.2, 0.25) is 0 Å². The first-order chi connectivity index (χ1) is 10.6. The molecule has 0 spiro atoms. The minimum atomic E-state index is -2.56. The van der Waals surface area contributed by atoms with Gasteiger partial charge in [0.25, 0.3) is 6.43 Å². The zero-order valence-corrected chi connectivity index (χ0v) is 12.4. The number of piperidine rings is 1. The van der Waals surface area contributed by atoms with Crippen LogP contribution in [0.4, 0.5) is 14.5 Å². The molecule has 7 heteroatoms. The second-order valence-corrected chi connectivity index (χ2v) is 5.07. The molecule has 2 N–H and O–H groups in total. The van der Waals surface area contributed by atoms with Crippen LogP contribution < -0.4 is 15.4 Å². The lowest BCUT2D eigenvalue weighted by Crippen LogP contribution is -2.35. The number of ether oxygens (including phenoxy) is 2. The van der Waals surface area contributed by atoms with Gasteiger partial charge in [-0.15, -0.1) is 0 Å². The molecule has 1 aliphatic heterocycles. The molecule has 0 atom stereocenters. The molecule has 1 aromatic rings. The van der Waals surface area contributed by atoms with Crippen LogP contribution in [0, 0.1) is 0 Å². The number of carbonyl (C=O) groups is 1. The Labute approximate surface area is 128 Å². The summed E-state index contributed by atoms with van der Waals surface area (Å²) in [5.41, 5.74) is 0.913. The number of methoxy groups -OCH3 is 1. The standard InChI is InChI=1S/C15H20F2N2O3/c1-21-15(20)12-8-11(22-9-14(16)17)2-3-13(12)19-10-4-6-18-7-5-10/h2-3,8,10,14,18-19H,4-7,9H2,1H3. The molecule has 0 aromatic heterocycles. The molecule has 0 bridgehead atoms. The first-order valence-electron chi connectivity index (χ1n) is 7.20. The smallest absolute Gasteiger partial charge is 0.340 e. The zero-order chi connectivity index (χ0) is 15.9. The third kappa shape index (κ3) is 4.56. The number of nitrogens with one attached hydrogen (secondary N) is 2. The van der Waals surface area contributed by atoms with Crippen molar-refractivity contribution in [1.29, 1.82) is 0 Å². The molecule has 1 heterocycles. The van der Waals surface area contributed by atoms with Gasteiger partial charge in [0.05, 0.1) is 12.7 Å². The molecule has 1 fully saturated rings. The van der Waals surface area contributed by atoms with Gasteiger partial charge in [-0.25, -0.2) is 13.6 Å². The highest BCUT2D eigenvalue weighted by Crippen LogP contribution is 2.25. The number of benzene rings is 1. The molecule has 2 rings (SSSR count). The van der Waals surface area contributed by atoms with E-state index in [0.29, 0.717) is 5.69 Å². The molecule has 0 aliphatic carbocycles. The van der Waals surface area contributed by atoms with Crippen LogP contribution in [0.5, 0.6) is 5.75 Å². The minimum Gasteiger partial charge on any atom is -0.488 e.